The van der Waals surface area contributed by atoms with E-state index in [2.05, 4.69) is 0 Å². The number of aliphatic hydroxyl groups is 1. The van der Waals surface area contributed by atoms with Gasteiger partial charge in [-0.25, -0.2) is 4.79 Å². The van der Waals surface area contributed by atoms with E-state index in [1.165, 1.54) is 0 Å². The van der Waals surface area contributed by atoms with E-state index in [1.807, 2.05) is 54.5 Å². The first-order chi connectivity index (χ1) is 9.86. The highest BCUT2D eigenvalue weighted by atomic mass is 16.6. The van der Waals surface area contributed by atoms with Gasteiger partial charge in [-0.1, -0.05) is 12.5 Å². The summed E-state index contributed by atoms with van der Waals surface area (Å²) in [5, 5.41) is 10.1. The van der Waals surface area contributed by atoms with Crippen LogP contribution >= 0.6 is 0 Å². The molecule has 0 rings (SSSR count). The maximum Gasteiger partial charge on any atom is 0.415 e. The summed E-state index contributed by atoms with van der Waals surface area (Å²) in [6.07, 6.45) is 3.25. The molecule has 128 valence electrons. The van der Waals surface area contributed by atoms with Crippen LogP contribution in [0.2, 0.25) is 0 Å². The molecule has 4 heteroatoms. The Morgan fingerprint density at radius 3 is 1.86 bits per heavy atom. The average molecular weight is 311 g/mol. The molecule has 1 N–H and O–H groups in total. The molecule has 0 heterocycles. The second-order valence-electron chi connectivity index (χ2n) is 7.20. The predicted molar refractivity (Wildman–Crippen MR) is 91.6 cm³/mol. The van der Waals surface area contributed by atoms with Crippen LogP contribution in [0.5, 0.6) is 0 Å². The number of carbonyl (C=O) groups is 1. The molecule has 1 atom stereocenters. The number of ether oxygens (including phenoxy) is 1. The highest BCUT2D eigenvalue weighted by molar-refractivity contribution is 5.70. The molecule has 0 radical (unpaired) electrons. The Morgan fingerprint density at radius 2 is 1.55 bits per heavy atom. The Labute approximate surface area is 135 Å². The molecule has 0 saturated heterocycles. The Balaban J connectivity index is 5.37. The van der Waals surface area contributed by atoms with Gasteiger partial charge in [0.05, 0.1) is 5.60 Å². The molecule has 22 heavy (non-hydrogen) atoms. The van der Waals surface area contributed by atoms with E-state index >= 15 is 0 Å². The van der Waals surface area contributed by atoms with E-state index in [-0.39, 0.29) is 24.1 Å². The summed E-state index contributed by atoms with van der Waals surface area (Å²) in [6.45, 7) is 17.1. The van der Waals surface area contributed by atoms with Gasteiger partial charge >= 0.3 is 6.09 Å². The number of amides is 1. The molecule has 0 aliphatic heterocycles. The molecule has 0 aromatic carbocycles. The van der Waals surface area contributed by atoms with Crippen molar-refractivity contribution in [3.05, 3.63) is 23.5 Å². The molecule has 0 aromatic rings. The summed E-state index contributed by atoms with van der Waals surface area (Å²) in [5.74, 6) is 0.336. The Hall–Kier alpha value is -1.29. The summed E-state index contributed by atoms with van der Waals surface area (Å²) in [7, 11) is 0. The lowest BCUT2D eigenvalue weighted by atomic mass is 9.92. The van der Waals surface area contributed by atoms with Gasteiger partial charge in [0.25, 0.3) is 0 Å². The molecular formula is C18H33NO3. The van der Waals surface area contributed by atoms with Crippen LogP contribution in [-0.2, 0) is 4.74 Å². The molecule has 0 unspecified atom stereocenters. The Bertz CT molecular complexity index is 416. The highest BCUT2D eigenvalue weighted by Crippen LogP contribution is 2.21. The van der Waals surface area contributed by atoms with Crippen molar-refractivity contribution < 1.29 is 14.6 Å². The van der Waals surface area contributed by atoms with E-state index in [0.717, 1.165) is 5.57 Å². The third-order valence-corrected chi connectivity index (χ3v) is 3.49. The zero-order chi connectivity index (χ0) is 17.7. The normalized spacial score (nSPS) is 14.1. The summed E-state index contributed by atoms with van der Waals surface area (Å²) >= 11 is 0. The van der Waals surface area contributed by atoms with Crippen LogP contribution in [0, 0.1) is 5.92 Å². The van der Waals surface area contributed by atoms with Crippen LogP contribution in [-0.4, -0.2) is 33.8 Å². The number of rotatable bonds is 6. The van der Waals surface area contributed by atoms with Crippen LogP contribution in [0.4, 0.5) is 4.79 Å². The molecule has 0 aromatic heterocycles. The SMILES string of the molecule is CC(C)=C/C(=C/[C@H](C)C(C)(C)O)OC(=O)N(C(C)C)C(C)C. The quantitative estimate of drug-likeness (QED) is 0.580. The molecule has 0 spiro atoms. The second-order valence-corrected chi connectivity index (χ2v) is 7.20. The number of hydrogen-bond donors (Lipinski definition) is 1. The maximum absolute atomic E-state index is 12.4. The lowest BCUT2D eigenvalue weighted by Gasteiger charge is -2.30. The van der Waals surface area contributed by atoms with Crippen molar-refractivity contribution in [1.82, 2.24) is 4.90 Å². The number of carbonyl (C=O) groups excluding carboxylic acids is 1. The van der Waals surface area contributed by atoms with E-state index < -0.39 is 5.60 Å². The third kappa shape index (κ3) is 7.12. The topological polar surface area (TPSA) is 49.8 Å². The summed E-state index contributed by atoms with van der Waals surface area (Å²) < 4.78 is 5.57. The van der Waals surface area contributed by atoms with Gasteiger partial charge < -0.3 is 14.7 Å². The van der Waals surface area contributed by atoms with Gasteiger partial charge in [0, 0.05) is 18.0 Å². The fourth-order valence-electron chi connectivity index (χ4n) is 2.02. The zero-order valence-corrected chi connectivity index (χ0v) is 15.6. The van der Waals surface area contributed by atoms with Crippen molar-refractivity contribution >= 4 is 6.09 Å². The standard InChI is InChI=1S/C18H33NO3/c1-12(2)10-16(11-15(7)18(8,9)21)22-17(20)19(13(3)4)14(5)6/h10-11,13-15,21H,1-9H3/b16-11-/t15-/m0/s1. The first-order valence-corrected chi connectivity index (χ1v) is 7.95. The fourth-order valence-corrected chi connectivity index (χ4v) is 2.02. The van der Waals surface area contributed by atoms with Gasteiger partial charge in [0.2, 0.25) is 0 Å². The number of hydrogen-bond acceptors (Lipinski definition) is 3. The van der Waals surface area contributed by atoms with Crippen molar-refractivity contribution in [2.75, 3.05) is 0 Å². The minimum Gasteiger partial charge on any atom is -0.411 e. The van der Waals surface area contributed by atoms with E-state index in [9.17, 15) is 9.90 Å². The Kier molecular flexibility index (Phi) is 7.88. The zero-order valence-electron chi connectivity index (χ0n) is 15.6. The van der Waals surface area contributed by atoms with Crippen molar-refractivity contribution in [3.8, 4) is 0 Å². The van der Waals surface area contributed by atoms with Crippen LogP contribution in [0.15, 0.2) is 23.5 Å². The predicted octanol–water partition coefficient (Wildman–Crippen LogP) is 4.50. The number of nitrogens with zero attached hydrogens (tertiary/aromatic N) is 1. The largest absolute Gasteiger partial charge is 0.415 e. The van der Waals surface area contributed by atoms with Gasteiger partial charge in [0.1, 0.15) is 5.76 Å². The average Bonchev–Trinajstić information content (AvgIpc) is 2.24. The van der Waals surface area contributed by atoms with Gasteiger partial charge in [-0.2, -0.15) is 0 Å². The van der Waals surface area contributed by atoms with E-state index in [4.69, 9.17) is 4.74 Å². The van der Waals surface area contributed by atoms with Crippen molar-refractivity contribution in [1.29, 1.82) is 0 Å². The van der Waals surface area contributed by atoms with Crippen LogP contribution in [0.25, 0.3) is 0 Å². The van der Waals surface area contributed by atoms with Crippen molar-refractivity contribution in [3.63, 3.8) is 0 Å². The fraction of sp³-hybridized carbons (Fsp3) is 0.722. The smallest absolute Gasteiger partial charge is 0.411 e. The molecular weight excluding hydrogens is 278 g/mol. The second kappa shape index (κ2) is 8.37. The van der Waals surface area contributed by atoms with Crippen LogP contribution < -0.4 is 0 Å². The third-order valence-electron chi connectivity index (χ3n) is 3.49. The molecule has 0 fully saturated rings. The highest BCUT2D eigenvalue weighted by Gasteiger charge is 2.24. The first-order valence-electron chi connectivity index (χ1n) is 7.95. The van der Waals surface area contributed by atoms with E-state index in [0.29, 0.717) is 5.76 Å². The molecule has 4 nitrogen and oxygen atoms in total. The maximum atomic E-state index is 12.4. The lowest BCUT2D eigenvalue weighted by Crippen LogP contribution is -2.42. The molecule has 0 aliphatic rings. The van der Waals surface area contributed by atoms with E-state index in [1.54, 1.807) is 24.8 Å². The minimum absolute atomic E-state index is 0.0622. The van der Waals surface area contributed by atoms with Gasteiger partial charge in [-0.3, -0.25) is 0 Å². The molecule has 0 aliphatic carbocycles. The molecule has 0 saturated carbocycles. The summed E-state index contributed by atoms with van der Waals surface area (Å²) in [5.41, 5.74) is 0.158. The van der Waals surface area contributed by atoms with Crippen LogP contribution in [0.1, 0.15) is 62.3 Å². The summed E-state index contributed by atoms with van der Waals surface area (Å²) in [6, 6.07) is 0.124. The van der Waals surface area contributed by atoms with Gasteiger partial charge in [-0.05, 0) is 67.5 Å². The monoisotopic (exact) mass is 311 g/mol. The number of allylic oxidation sites excluding steroid dienone is 2. The lowest BCUT2D eigenvalue weighted by molar-refractivity contribution is 0.0420. The minimum atomic E-state index is -0.872. The van der Waals surface area contributed by atoms with Crippen LogP contribution in [0.3, 0.4) is 0 Å². The molecule has 0 bridgehead atoms. The first kappa shape index (κ1) is 20.7. The Morgan fingerprint density at radius 1 is 1.09 bits per heavy atom. The molecule has 1 amide bonds. The van der Waals surface area contributed by atoms with Crippen molar-refractivity contribution in [2.45, 2.75) is 80.0 Å². The summed E-state index contributed by atoms with van der Waals surface area (Å²) in [4.78, 5) is 14.1. The van der Waals surface area contributed by atoms with Gasteiger partial charge in [0.15, 0.2) is 0 Å². The van der Waals surface area contributed by atoms with Gasteiger partial charge in [-0.15, -0.1) is 0 Å². The van der Waals surface area contributed by atoms with Crippen molar-refractivity contribution in [2.24, 2.45) is 5.92 Å².